The molecule has 2 amide bonds. The number of rotatable bonds is 7. The second-order valence-electron chi connectivity index (χ2n) is 8.23. The first-order chi connectivity index (χ1) is 15.2. The van der Waals surface area contributed by atoms with Crippen LogP contribution in [-0.4, -0.2) is 35.7 Å². The van der Waals surface area contributed by atoms with Crippen LogP contribution in [0.3, 0.4) is 0 Å². The predicted octanol–water partition coefficient (Wildman–Crippen LogP) is 4.12. The molecule has 0 aliphatic rings. The lowest BCUT2D eigenvalue weighted by Crippen LogP contribution is -2.33. The van der Waals surface area contributed by atoms with Gasteiger partial charge in [-0.2, -0.15) is 5.26 Å². The molecule has 3 rings (SSSR count). The van der Waals surface area contributed by atoms with Crippen LogP contribution in [-0.2, 0) is 16.0 Å². The van der Waals surface area contributed by atoms with Gasteiger partial charge < -0.3 is 25.1 Å². The van der Waals surface area contributed by atoms with Gasteiger partial charge in [-0.15, -0.1) is 0 Å². The van der Waals surface area contributed by atoms with E-state index in [1.807, 2.05) is 45.2 Å². The zero-order valence-corrected chi connectivity index (χ0v) is 18.3. The van der Waals surface area contributed by atoms with Gasteiger partial charge in [-0.1, -0.05) is 0 Å². The average Bonchev–Trinajstić information content (AvgIpc) is 3.14. The molecule has 0 aliphatic carbocycles. The van der Waals surface area contributed by atoms with E-state index < -0.39 is 11.7 Å². The van der Waals surface area contributed by atoms with E-state index in [0.717, 1.165) is 16.5 Å². The molecule has 0 radical (unpaired) electrons. The molecule has 8 nitrogen and oxygen atoms in total. The van der Waals surface area contributed by atoms with Crippen molar-refractivity contribution >= 4 is 28.6 Å². The predicted molar refractivity (Wildman–Crippen MR) is 122 cm³/mol. The molecule has 1 aromatic heterocycles. The first-order valence-electron chi connectivity index (χ1n) is 10.2. The summed E-state index contributed by atoms with van der Waals surface area (Å²) in [6.07, 6.45) is 2.06. The number of ether oxygens (including phenoxy) is 2. The third kappa shape index (κ3) is 6.51. The molecule has 2 aromatic carbocycles. The van der Waals surface area contributed by atoms with Crippen LogP contribution in [0, 0.1) is 11.3 Å². The number of nitrogens with one attached hydrogen (secondary N) is 3. The number of aromatic amines is 1. The summed E-state index contributed by atoms with van der Waals surface area (Å²) in [5.41, 5.74) is 2.54. The maximum absolute atomic E-state index is 12.2. The second kappa shape index (κ2) is 9.88. The number of anilines is 1. The molecular weight excluding hydrogens is 408 g/mol. The molecule has 0 saturated carbocycles. The quantitative estimate of drug-likeness (QED) is 0.517. The summed E-state index contributed by atoms with van der Waals surface area (Å²) in [4.78, 5) is 27.2. The highest BCUT2D eigenvalue weighted by atomic mass is 16.6. The highest BCUT2D eigenvalue weighted by Crippen LogP contribution is 2.24. The summed E-state index contributed by atoms with van der Waals surface area (Å²) >= 11 is 0. The fraction of sp³-hybridized carbons (Fsp3) is 0.292. The maximum Gasteiger partial charge on any atom is 0.407 e. The highest BCUT2D eigenvalue weighted by molar-refractivity contribution is 5.92. The van der Waals surface area contributed by atoms with E-state index in [1.165, 1.54) is 0 Å². The number of benzene rings is 2. The number of H-pyrrole nitrogens is 1. The minimum absolute atomic E-state index is 0.147. The van der Waals surface area contributed by atoms with Gasteiger partial charge in [0.25, 0.3) is 5.91 Å². The number of nitriles is 1. The lowest BCUT2D eigenvalue weighted by Gasteiger charge is -2.19. The van der Waals surface area contributed by atoms with E-state index in [9.17, 15) is 9.59 Å². The van der Waals surface area contributed by atoms with Crippen LogP contribution in [0.4, 0.5) is 10.5 Å². The van der Waals surface area contributed by atoms with Gasteiger partial charge in [0.15, 0.2) is 6.61 Å². The van der Waals surface area contributed by atoms with Crippen molar-refractivity contribution in [3.63, 3.8) is 0 Å². The fourth-order valence-electron chi connectivity index (χ4n) is 3.04. The van der Waals surface area contributed by atoms with Gasteiger partial charge >= 0.3 is 6.09 Å². The Hall–Kier alpha value is -3.99. The third-order valence-corrected chi connectivity index (χ3v) is 4.47. The molecule has 0 atom stereocenters. The molecule has 1 heterocycles. The SMILES string of the molecule is CC(C)(C)OC(=O)NCCc1c[nH]c2ccc(OCC(=O)Nc3ccc(C#N)cc3)cc12. The lowest BCUT2D eigenvalue weighted by molar-refractivity contribution is -0.118. The van der Waals surface area contributed by atoms with E-state index in [-0.39, 0.29) is 12.5 Å². The number of carbonyl (C=O) groups is 2. The topological polar surface area (TPSA) is 116 Å². The number of aromatic nitrogens is 1. The second-order valence-corrected chi connectivity index (χ2v) is 8.23. The number of nitrogens with zero attached hydrogens (tertiary/aromatic N) is 1. The number of hydrogen-bond acceptors (Lipinski definition) is 5. The van der Waals surface area contributed by atoms with Crippen molar-refractivity contribution in [1.29, 1.82) is 5.26 Å². The maximum atomic E-state index is 12.2. The largest absolute Gasteiger partial charge is 0.484 e. The van der Waals surface area contributed by atoms with Crippen LogP contribution in [0.25, 0.3) is 10.9 Å². The Morgan fingerprint density at radius 3 is 2.56 bits per heavy atom. The smallest absolute Gasteiger partial charge is 0.407 e. The van der Waals surface area contributed by atoms with E-state index >= 15 is 0 Å². The Morgan fingerprint density at radius 2 is 1.88 bits per heavy atom. The zero-order valence-electron chi connectivity index (χ0n) is 18.3. The molecule has 32 heavy (non-hydrogen) atoms. The molecule has 3 aromatic rings. The molecule has 0 aliphatic heterocycles. The van der Waals surface area contributed by atoms with Gasteiger partial charge in [0.05, 0.1) is 11.6 Å². The molecule has 0 fully saturated rings. The van der Waals surface area contributed by atoms with Crippen molar-refractivity contribution in [2.45, 2.75) is 32.8 Å². The number of amides is 2. The minimum Gasteiger partial charge on any atom is -0.484 e. The van der Waals surface area contributed by atoms with Crippen LogP contribution < -0.4 is 15.4 Å². The lowest BCUT2D eigenvalue weighted by atomic mass is 10.1. The summed E-state index contributed by atoms with van der Waals surface area (Å²) in [6.45, 7) is 5.74. The molecular formula is C24H26N4O4. The fourth-order valence-corrected chi connectivity index (χ4v) is 3.04. The number of carbonyl (C=O) groups excluding carboxylic acids is 2. The van der Waals surface area contributed by atoms with Crippen LogP contribution in [0.15, 0.2) is 48.7 Å². The van der Waals surface area contributed by atoms with Crippen molar-refractivity contribution < 1.29 is 19.1 Å². The van der Waals surface area contributed by atoms with Gasteiger partial charge in [-0.25, -0.2) is 4.79 Å². The van der Waals surface area contributed by atoms with E-state index in [2.05, 4.69) is 15.6 Å². The van der Waals surface area contributed by atoms with Crippen molar-refractivity contribution in [3.05, 3.63) is 59.8 Å². The van der Waals surface area contributed by atoms with Crippen molar-refractivity contribution in [2.24, 2.45) is 0 Å². The number of hydrogen-bond donors (Lipinski definition) is 3. The summed E-state index contributed by atoms with van der Waals surface area (Å²) in [5, 5.41) is 15.3. The minimum atomic E-state index is -0.538. The standard InChI is InChI=1S/C24H26N4O4/c1-24(2,3)32-23(30)26-11-10-17-14-27-21-9-8-19(12-20(17)21)31-15-22(29)28-18-6-4-16(13-25)5-7-18/h4-9,12,14,27H,10-11,15H2,1-3H3,(H,26,30)(H,28,29). The van der Waals surface area contributed by atoms with Gasteiger partial charge in [-0.3, -0.25) is 4.79 Å². The normalized spacial score (nSPS) is 10.9. The van der Waals surface area contributed by atoms with E-state index in [1.54, 1.807) is 30.3 Å². The molecule has 0 bridgehead atoms. The Kier molecular flexibility index (Phi) is 7.00. The van der Waals surface area contributed by atoms with Crippen LogP contribution in [0.5, 0.6) is 5.75 Å². The van der Waals surface area contributed by atoms with Crippen LogP contribution in [0.2, 0.25) is 0 Å². The number of fused-ring (bicyclic) bond motifs is 1. The Labute approximate surface area is 186 Å². The Bertz CT molecular complexity index is 1140. The van der Waals surface area contributed by atoms with Gasteiger partial charge in [0, 0.05) is 29.3 Å². The first-order valence-corrected chi connectivity index (χ1v) is 10.2. The molecule has 0 saturated heterocycles. The Morgan fingerprint density at radius 1 is 1.12 bits per heavy atom. The van der Waals surface area contributed by atoms with Crippen molar-refractivity contribution in [1.82, 2.24) is 10.3 Å². The monoisotopic (exact) mass is 434 g/mol. The van der Waals surface area contributed by atoms with Crippen LogP contribution in [0.1, 0.15) is 31.9 Å². The summed E-state index contributed by atoms with van der Waals surface area (Å²) < 4.78 is 10.9. The Balaban J connectivity index is 1.54. The van der Waals surface area contributed by atoms with Crippen LogP contribution >= 0.6 is 0 Å². The highest BCUT2D eigenvalue weighted by Gasteiger charge is 2.16. The summed E-state index contributed by atoms with van der Waals surface area (Å²) in [5.74, 6) is 0.263. The van der Waals surface area contributed by atoms with Crippen molar-refractivity contribution in [2.75, 3.05) is 18.5 Å². The van der Waals surface area contributed by atoms with Gasteiger partial charge in [0.1, 0.15) is 11.4 Å². The molecule has 0 spiro atoms. The number of alkyl carbamates (subject to hydrolysis) is 1. The van der Waals surface area contributed by atoms with Crippen molar-refractivity contribution in [3.8, 4) is 11.8 Å². The zero-order chi connectivity index (χ0) is 23.1. The van der Waals surface area contributed by atoms with Gasteiger partial charge in [-0.05, 0) is 75.2 Å². The summed E-state index contributed by atoms with van der Waals surface area (Å²) in [6, 6.07) is 14.2. The average molecular weight is 434 g/mol. The molecule has 166 valence electrons. The summed E-state index contributed by atoms with van der Waals surface area (Å²) in [7, 11) is 0. The molecule has 8 heteroatoms. The third-order valence-electron chi connectivity index (χ3n) is 4.47. The van der Waals surface area contributed by atoms with Gasteiger partial charge in [0.2, 0.25) is 0 Å². The van der Waals surface area contributed by atoms with E-state index in [4.69, 9.17) is 14.7 Å². The first kappa shape index (κ1) is 22.7. The molecule has 3 N–H and O–H groups in total. The van der Waals surface area contributed by atoms with E-state index in [0.29, 0.717) is 30.0 Å². The molecule has 0 unspecified atom stereocenters.